The lowest BCUT2D eigenvalue weighted by molar-refractivity contribution is -0.127. The predicted molar refractivity (Wildman–Crippen MR) is 85.0 cm³/mol. The number of benzene rings is 1. The highest BCUT2D eigenvalue weighted by Gasteiger charge is 2.59. The Hall–Kier alpha value is -1.85. The molecule has 23 heavy (non-hydrogen) atoms. The second kappa shape index (κ2) is 4.82. The van der Waals surface area contributed by atoms with Crippen LogP contribution in [-0.4, -0.2) is 54.2 Å². The highest BCUT2D eigenvalue weighted by molar-refractivity contribution is 5.97. The van der Waals surface area contributed by atoms with E-state index in [0.29, 0.717) is 11.5 Å². The van der Waals surface area contributed by atoms with E-state index in [1.807, 2.05) is 19.2 Å². The molecule has 2 aliphatic carbocycles. The van der Waals surface area contributed by atoms with Crippen molar-refractivity contribution in [2.75, 3.05) is 20.7 Å². The number of nitrogens with zero attached hydrogens (tertiary/aromatic N) is 1. The molecule has 0 radical (unpaired) electrons. The highest BCUT2D eigenvalue weighted by atomic mass is 16.5. The molecule has 0 fully saturated rings. The fraction of sp³-hybridized carbons (Fsp3) is 0.500. The van der Waals surface area contributed by atoms with Gasteiger partial charge in [0.15, 0.2) is 23.4 Å². The molecule has 0 saturated carbocycles. The standard InChI is InChI=1S/C18H21NO4/c1-4-19(2)13-9-10-5-6-12(22-3)17-14(10)15-16(23-17)11(20)7-8-18(13,15)21/h5-8,13,15-16,21H,4,9H2,1-3H3. The lowest BCUT2D eigenvalue weighted by atomic mass is 9.64. The van der Waals surface area contributed by atoms with E-state index in [9.17, 15) is 9.90 Å². The molecular formula is C18H21NO4. The summed E-state index contributed by atoms with van der Waals surface area (Å²) < 4.78 is 11.4. The van der Waals surface area contributed by atoms with Gasteiger partial charge in [-0.25, -0.2) is 0 Å². The van der Waals surface area contributed by atoms with Crippen molar-refractivity contribution >= 4 is 5.78 Å². The Morgan fingerprint density at radius 3 is 2.96 bits per heavy atom. The number of methoxy groups -OCH3 is 1. The normalized spacial score (nSPS) is 33.6. The van der Waals surface area contributed by atoms with Crippen molar-refractivity contribution in [3.63, 3.8) is 0 Å². The zero-order valence-corrected chi connectivity index (χ0v) is 13.6. The maximum absolute atomic E-state index is 12.3. The summed E-state index contributed by atoms with van der Waals surface area (Å²) in [4.78, 5) is 14.5. The van der Waals surface area contributed by atoms with Crippen LogP contribution in [-0.2, 0) is 11.2 Å². The Bertz CT molecular complexity index is 713. The van der Waals surface area contributed by atoms with Crippen LogP contribution in [0.25, 0.3) is 0 Å². The van der Waals surface area contributed by atoms with Crippen molar-refractivity contribution < 1.29 is 19.4 Å². The number of ketones is 1. The monoisotopic (exact) mass is 315 g/mol. The van der Waals surface area contributed by atoms with E-state index in [4.69, 9.17) is 9.47 Å². The van der Waals surface area contributed by atoms with Gasteiger partial charge in [-0.15, -0.1) is 0 Å². The van der Waals surface area contributed by atoms with Gasteiger partial charge >= 0.3 is 0 Å². The molecule has 122 valence electrons. The highest BCUT2D eigenvalue weighted by Crippen LogP contribution is 2.56. The maximum Gasteiger partial charge on any atom is 0.196 e. The fourth-order valence-electron chi connectivity index (χ4n) is 4.30. The molecular weight excluding hydrogens is 294 g/mol. The average molecular weight is 315 g/mol. The first-order valence-corrected chi connectivity index (χ1v) is 8.03. The summed E-state index contributed by atoms with van der Waals surface area (Å²) in [6.07, 6.45) is 3.20. The molecule has 1 aliphatic heterocycles. The van der Waals surface area contributed by atoms with Gasteiger partial charge in [0.1, 0.15) is 5.60 Å². The number of hydrogen-bond acceptors (Lipinski definition) is 5. The van der Waals surface area contributed by atoms with Crippen molar-refractivity contribution in [1.82, 2.24) is 4.90 Å². The first kappa shape index (κ1) is 14.7. The van der Waals surface area contributed by atoms with E-state index >= 15 is 0 Å². The molecule has 3 aliphatic rings. The van der Waals surface area contributed by atoms with Gasteiger partial charge < -0.3 is 19.5 Å². The SMILES string of the molecule is CCN(C)C1Cc2ccc(OC)c3c2C2C(O3)C(=O)C=CC21O. The molecule has 0 aromatic heterocycles. The fourth-order valence-corrected chi connectivity index (χ4v) is 4.30. The summed E-state index contributed by atoms with van der Waals surface area (Å²) in [7, 11) is 3.60. The lowest BCUT2D eigenvalue weighted by Crippen LogP contribution is -2.61. The van der Waals surface area contributed by atoms with Gasteiger partial charge in [0.25, 0.3) is 0 Å². The molecule has 5 nitrogen and oxygen atoms in total. The van der Waals surface area contributed by atoms with Gasteiger partial charge in [0.05, 0.1) is 13.0 Å². The van der Waals surface area contributed by atoms with Crippen molar-refractivity contribution in [1.29, 1.82) is 0 Å². The van der Waals surface area contributed by atoms with Gasteiger partial charge in [-0.3, -0.25) is 4.79 Å². The number of rotatable bonds is 3. The molecule has 4 atom stereocenters. The molecule has 1 aromatic carbocycles. The Morgan fingerprint density at radius 2 is 2.26 bits per heavy atom. The van der Waals surface area contributed by atoms with Crippen LogP contribution in [0.5, 0.6) is 11.5 Å². The van der Waals surface area contributed by atoms with Gasteiger partial charge in [-0.1, -0.05) is 13.0 Å². The summed E-state index contributed by atoms with van der Waals surface area (Å²) in [6, 6.07) is 3.83. The van der Waals surface area contributed by atoms with Crippen molar-refractivity contribution in [3.05, 3.63) is 35.4 Å². The third kappa shape index (κ3) is 1.78. The first-order chi connectivity index (χ1) is 11.0. The van der Waals surface area contributed by atoms with E-state index in [-0.39, 0.29) is 17.7 Å². The smallest absolute Gasteiger partial charge is 0.196 e. The molecule has 1 N–H and O–H groups in total. The van der Waals surface area contributed by atoms with E-state index in [1.165, 1.54) is 6.08 Å². The summed E-state index contributed by atoms with van der Waals surface area (Å²) in [5.74, 6) is 0.778. The van der Waals surface area contributed by atoms with Gasteiger partial charge in [0.2, 0.25) is 0 Å². The second-order valence-corrected chi connectivity index (χ2v) is 6.60. The zero-order chi connectivity index (χ0) is 16.4. The summed E-state index contributed by atoms with van der Waals surface area (Å²) in [6.45, 7) is 2.89. The van der Waals surface area contributed by atoms with Crippen molar-refractivity contribution in [2.24, 2.45) is 0 Å². The largest absolute Gasteiger partial charge is 0.493 e. The number of aliphatic hydroxyl groups is 1. The summed E-state index contributed by atoms with van der Waals surface area (Å²) in [5.41, 5.74) is 0.968. The van der Waals surface area contributed by atoms with Crippen LogP contribution in [0.2, 0.25) is 0 Å². The maximum atomic E-state index is 12.3. The van der Waals surface area contributed by atoms with Crippen LogP contribution >= 0.6 is 0 Å². The Labute approximate surface area is 135 Å². The van der Waals surface area contributed by atoms with Gasteiger partial charge in [-0.2, -0.15) is 0 Å². The van der Waals surface area contributed by atoms with E-state index in [2.05, 4.69) is 11.8 Å². The summed E-state index contributed by atoms with van der Waals surface area (Å²) >= 11 is 0. The number of ether oxygens (including phenoxy) is 2. The van der Waals surface area contributed by atoms with Crippen molar-refractivity contribution in [2.45, 2.75) is 37.0 Å². The zero-order valence-electron chi connectivity index (χ0n) is 13.6. The van der Waals surface area contributed by atoms with Crippen LogP contribution in [0.1, 0.15) is 24.0 Å². The molecule has 4 unspecified atom stereocenters. The van der Waals surface area contributed by atoms with E-state index in [0.717, 1.165) is 24.1 Å². The van der Waals surface area contributed by atoms with E-state index in [1.54, 1.807) is 13.2 Å². The van der Waals surface area contributed by atoms with Gasteiger partial charge in [0, 0.05) is 11.6 Å². The number of likely N-dealkylation sites (N-methyl/N-ethyl adjacent to an activating group) is 1. The molecule has 1 aromatic rings. The second-order valence-electron chi connectivity index (χ2n) is 6.60. The molecule has 1 heterocycles. The Kier molecular flexibility index (Phi) is 3.09. The average Bonchev–Trinajstić information content (AvgIpc) is 2.97. The molecule has 0 saturated heterocycles. The van der Waals surface area contributed by atoms with Crippen molar-refractivity contribution in [3.8, 4) is 11.5 Å². The minimum absolute atomic E-state index is 0.0835. The summed E-state index contributed by atoms with van der Waals surface area (Å²) in [5, 5.41) is 11.5. The Morgan fingerprint density at radius 1 is 1.48 bits per heavy atom. The van der Waals surface area contributed by atoms with E-state index < -0.39 is 11.7 Å². The lowest BCUT2D eigenvalue weighted by Gasteiger charge is -2.48. The van der Waals surface area contributed by atoms with Crippen LogP contribution < -0.4 is 9.47 Å². The topological polar surface area (TPSA) is 59.0 Å². The van der Waals surface area contributed by atoms with Crippen LogP contribution in [0.4, 0.5) is 0 Å². The molecule has 4 rings (SSSR count). The van der Waals surface area contributed by atoms with Crippen LogP contribution in [0, 0.1) is 0 Å². The number of hydrogen-bond donors (Lipinski definition) is 1. The minimum atomic E-state index is -1.10. The molecule has 0 bridgehead atoms. The third-order valence-electron chi connectivity index (χ3n) is 5.60. The predicted octanol–water partition coefficient (Wildman–Crippen LogP) is 1.29. The number of carbonyl (C=O) groups excluding carboxylic acids is 1. The van der Waals surface area contributed by atoms with Crippen LogP contribution in [0.3, 0.4) is 0 Å². The minimum Gasteiger partial charge on any atom is -0.493 e. The first-order valence-electron chi connectivity index (χ1n) is 8.03. The third-order valence-corrected chi connectivity index (χ3v) is 5.60. The molecule has 5 heteroatoms. The Balaban J connectivity index is 1.95. The quantitative estimate of drug-likeness (QED) is 0.911. The number of carbonyl (C=O) groups is 1. The molecule has 0 amide bonds. The molecule has 0 spiro atoms. The van der Waals surface area contributed by atoms with Gasteiger partial charge in [-0.05, 0) is 43.8 Å². The van der Waals surface area contributed by atoms with Crippen LogP contribution in [0.15, 0.2) is 24.3 Å².